The molecule has 0 aliphatic heterocycles. The van der Waals surface area contributed by atoms with E-state index >= 15 is 0 Å². The number of aryl methyl sites for hydroxylation is 1. The predicted molar refractivity (Wildman–Crippen MR) is 128 cm³/mol. The van der Waals surface area contributed by atoms with E-state index in [4.69, 9.17) is 16.0 Å². The second kappa shape index (κ2) is 9.54. The van der Waals surface area contributed by atoms with Gasteiger partial charge in [-0.05, 0) is 79.7 Å². The van der Waals surface area contributed by atoms with Gasteiger partial charge in [0.2, 0.25) is 5.89 Å². The third-order valence-electron chi connectivity index (χ3n) is 4.98. The number of nitro groups is 1. The molecule has 2 aromatic heterocycles. The van der Waals surface area contributed by atoms with Crippen LogP contribution in [0.15, 0.2) is 69.1 Å². The van der Waals surface area contributed by atoms with Crippen LogP contribution in [0.5, 0.6) is 0 Å². The Morgan fingerprint density at radius 3 is 2.44 bits per heavy atom. The number of aromatic nitrogens is 3. The van der Waals surface area contributed by atoms with E-state index in [1.165, 1.54) is 18.2 Å². The standard InChI is InChI=1S/C23H17ClN4O5S/c1-13-11-16(14(2)27(13)18-7-9-19(10-8-18)28(31)32)12-20(22(29)30)34-23-26-25-21(33-23)15-3-5-17(24)6-4-15/h3-12H,1-2H3,(H,29,30)/b20-12-. The Morgan fingerprint density at radius 2 is 1.82 bits per heavy atom. The van der Waals surface area contributed by atoms with Gasteiger partial charge in [-0.15, -0.1) is 10.2 Å². The summed E-state index contributed by atoms with van der Waals surface area (Å²) in [5.41, 5.74) is 3.69. The van der Waals surface area contributed by atoms with Crippen molar-refractivity contribution >= 4 is 41.1 Å². The molecule has 0 saturated carbocycles. The van der Waals surface area contributed by atoms with Crippen LogP contribution in [0.2, 0.25) is 5.02 Å². The fourth-order valence-electron chi connectivity index (χ4n) is 3.38. The molecule has 11 heteroatoms. The van der Waals surface area contributed by atoms with Crippen LogP contribution in [0.1, 0.15) is 17.0 Å². The first-order valence-corrected chi connectivity index (χ1v) is 11.1. The maximum absolute atomic E-state index is 11.9. The van der Waals surface area contributed by atoms with Crippen LogP contribution in [0.25, 0.3) is 23.2 Å². The number of hydrogen-bond donors (Lipinski definition) is 1. The first-order chi connectivity index (χ1) is 16.2. The third-order valence-corrected chi connectivity index (χ3v) is 6.09. The van der Waals surface area contributed by atoms with Crippen LogP contribution < -0.4 is 0 Å². The Labute approximate surface area is 202 Å². The number of thioether (sulfide) groups is 1. The van der Waals surface area contributed by atoms with E-state index in [9.17, 15) is 20.0 Å². The van der Waals surface area contributed by atoms with E-state index in [-0.39, 0.29) is 21.7 Å². The van der Waals surface area contributed by atoms with Crippen molar-refractivity contribution in [2.45, 2.75) is 19.1 Å². The molecule has 4 aromatic rings. The topological polar surface area (TPSA) is 124 Å². The van der Waals surface area contributed by atoms with Gasteiger partial charge in [0.05, 0.1) is 4.92 Å². The van der Waals surface area contributed by atoms with Crippen molar-refractivity contribution < 1.29 is 19.2 Å². The van der Waals surface area contributed by atoms with Crippen LogP contribution in [-0.2, 0) is 4.79 Å². The number of non-ortho nitro benzene ring substituents is 1. The Hall–Kier alpha value is -3.89. The Kier molecular flexibility index (Phi) is 6.53. The molecule has 4 rings (SSSR count). The number of carbonyl (C=O) groups is 1. The highest BCUT2D eigenvalue weighted by molar-refractivity contribution is 8.03. The molecule has 0 fully saturated rings. The van der Waals surface area contributed by atoms with Gasteiger partial charge in [-0.3, -0.25) is 10.1 Å². The number of hydrogen-bond acceptors (Lipinski definition) is 7. The molecule has 34 heavy (non-hydrogen) atoms. The summed E-state index contributed by atoms with van der Waals surface area (Å²) in [7, 11) is 0. The average molecular weight is 497 g/mol. The highest BCUT2D eigenvalue weighted by Crippen LogP contribution is 2.32. The zero-order valence-electron chi connectivity index (χ0n) is 17.9. The number of rotatable bonds is 7. The highest BCUT2D eigenvalue weighted by Gasteiger charge is 2.18. The van der Waals surface area contributed by atoms with Crippen molar-refractivity contribution in [1.29, 1.82) is 0 Å². The molecule has 0 bridgehead atoms. The molecular formula is C23H17ClN4O5S. The lowest BCUT2D eigenvalue weighted by Gasteiger charge is -2.09. The molecule has 2 heterocycles. The number of aliphatic carboxylic acids is 1. The maximum Gasteiger partial charge on any atom is 0.342 e. The zero-order chi connectivity index (χ0) is 24.4. The van der Waals surface area contributed by atoms with E-state index < -0.39 is 10.9 Å². The van der Waals surface area contributed by atoms with Crippen LogP contribution in [-0.4, -0.2) is 30.8 Å². The summed E-state index contributed by atoms with van der Waals surface area (Å²) in [6, 6.07) is 14.8. The number of nitrogens with zero attached hydrogens (tertiary/aromatic N) is 4. The number of carboxylic acids is 1. The van der Waals surface area contributed by atoms with Gasteiger partial charge in [0.25, 0.3) is 10.9 Å². The highest BCUT2D eigenvalue weighted by atomic mass is 35.5. The van der Waals surface area contributed by atoms with Crippen molar-refractivity contribution in [1.82, 2.24) is 14.8 Å². The number of benzene rings is 2. The minimum Gasteiger partial charge on any atom is -0.477 e. The molecule has 172 valence electrons. The number of carboxylic acid groups (broad SMARTS) is 1. The average Bonchev–Trinajstić information content (AvgIpc) is 3.38. The minimum absolute atomic E-state index is 0.00439. The van der Waals surface area contributed by atoms with Gasteiger partial charge in [-0.25, -0.2) is 4.79 Å². The molecule has 0 spiro atoms. The van der Waals surface area contributed by atoms with Crippen LogP contribution in [0.4, 0.5) is 5.69 Å². The SMILES string of the molecule is Cc1cc(/C=C(\Sc2nnc(-c3ccc(Cl)cc3)o2)C(=O)O)c(C)n1-c1ccc([N+](=O)[O-])cc1. The smallest absolute Gasteiger partial charge is 0.342 e. The molecular weight excluding hydrogens is 480 g/mol. The Bertz CT molecular complexity index is 1410. The normalized spacial score (nSPS) is 11.6. The molecule has 0 amide bonds. The Morgan fingerprint density at radius 1 is 1.15 bits per heavy atom. The quantitative estimate of drug-likeness (QED) is 0.144. The van der Waals surface area contributed by atoms with E-state index in [1.807, 2.05) is 24.5 Å². The van der Waals surface area contributed by atoms with Crippen LogP contribution in [0.3, 0.4) is 0 Å². The maximum atomic E-state index is 11.9. The second-order valence-electron chi connectivity index (χ2n) is 7.23. The molecule has 0 radical (unpaired) electrons. The predicted octanol–water partition coefficient (Wildman–Crippen LogP) is 5.92. The van der Waals surface area contributed by atoms with E-state index in [0.717, 1.165) is 28.8 Å². The molecule has 0 aliphatic carbocycles. The van der Waals surface area contributed by atoms with Crippen molar-refractivity contribution in [3.8, 4) is 17.1 Å². The molecule has 2 aromatic carbocycles. The lowest BCUT2D eigenvalue weighted by molar-refractivity contribution is -0.384. The van der Waals surface area contributed by atoms with Crippen molar-refractivity contribution in [2.75, 3.05) is 0 Å². The van der Waals surface area contributed by atoms with E-state index in [0.29, 0.717) is 16.1 Å². The lowest BCUT2D eigenvalue weighted by atomic mass is 10.2. The lowest BCUT2D eigenvalue weighted by Crippen LogP contribution is -2.00. The molecule has 0 unspecified atom stereocenters. The fraction of sp³-hybridized carbons (Fsp3) is 0.0870. The van der Waals surface area contributed by atoms with Gasteiger partial charge in [0.1, 0.15) is 4.91 Å². The molecule has 1 N–H and O–H groups in total. The number of halogens is 1. The van der Waals surface area contributed by atoms with Gasteiger partial charge in [-0.1, -0.05) is 11.6 Å². The third kappa shape index (κ3) is 4.87. The van der Waals surface area contributed by atoms with Crippen molar-refractivity contribution in [2.24, 2.45) is 0 Å². The zero-order valence-corrected chi connectivity index (χ0v) is 19.5. The summed E-state index contributed by atoms with van der Waals surface area (Å²) in [4.78, 5) is 22.4. The first-order valence-electron chi connectivity index (χ1n) is 9.89. The summed E-state index contributed by atoms with van der Waals surface area (Å²) < 4.78 is 7.51. The van der Waals surface area contributed by atoms with Gasteiger partial charge in [0, 0.05) is 39.8 Å². The summed E-state index contributed by atoms with van der Waals surface area (Å²) in [6.45, 7) is 3.71. The first kappa shape index (κ1) is 23.3. The largest absolute Gasteiger partial charge is 0.477 e. The second-order valence-corrected chi connectivity index (χ2v) is 8.66. The van der Waals surface area contributed by atoms with Crippen molar-refractivity contribution in [3.05, 3.63) is 91.6 Å². The fourth-order valence-corrected chi connectivity index (χ4v) is 4.17. The molecule has 0 saturated heterocycles. The monoisotopic (exact) mass is 496 g/mol. The number of nitro benzene ring substituents is 1. The van der Waals surface area contributed by atoms with E-state index in [2.05, 4.69) is 10.2 Å². The van der Waals surface area contributed by atoms with Gasteiger partial charge in [0.15, 0.2) is 0 Å². The van der Waals surface area contributed by atoms with Crippen molar-refractivity contribution in [3.63, 3.8) is 0 Å². The molecule has 0 aliphatic rings. The minimum atomic E-state index is -1.14. The van der Waals surface area contributed by atoms with Crippen LogP contribution >= 0.6 is 23.4 Å². The summed E-state index contributed by atoms with van der Waals surface area (Å²) in [5.74, 6) is -0.892. The van der Waals surface area contributed by atoms with Gasteiger partial charge in [-0.2, -0.15) is 0 Å². The molecule has 0 atom stereocenters. The Balaban J connectivity index is 1.63. The molecule has 9 nitrogen and oxygen atoms in total. The van der Waals surface area contributed by atoms with Crippen LogP contribution in [0, 0.1) is 24.0 Å². The summed E-state index contributed by atoms with van der Waals surface area (Å²) in [6.07, 6.45) is 1.53. The van der Waals surface area contributed by atoms with E-state index in [1.54, 1.807) is 36.4 Å². The summed E-state index contributed by atoms with van der Waals surface area (Å²) in [5, 5.41) is 29.3. The van der Waals surface area contributed by atoms with Gasteiger partial charge >= 0.3 is 5.97 Å². The van der Waals surface area contributed by atoms with Gasteiger partial charge < -0.3 is 14.1 Å². The summed E-state index contributed by atoms with van der Waals surface area (Å²) >= 11 is 6.74.